The second-order valence-corrected chi connectivity index (χ2v) is 6.34. The Morgan fingerprint density at radius 3 is 2.52 bits per heavy atom. The number of nitriles is 1. The summed E-state index contributed by atoms with van der Waals surface area (Å²) in [4.78, 5) is 3.40. The number of rotatable bonds is 1. The summed E-state index contributed by atoms with van der Waals surface area (Å²) in [5.74, 6) is 0. The van der Waals surface area contributed by atoms with Crippen molar-refractivity contribution in [1.29, 1.82) is 5.26 Å². The van der Waals surface area contributed by atoms with Crippen molar-refractivity contribution in [3.8, 4) is 17.2 Å². The molecule has 0 unspecified atom stereocenters. The first-order chi connectivity index (χ1) is 11.2. The molecule has 0 aliphatic heterocycles. The molecule has 0 radical (unpaired) electrons. The zero-order chi connectivity index (χ0) is 16.0. The third-order valence-corrected chi connectivity index (χ3v) is 4.58. The Morgan fingerprint density at radius 1 is 1.00 bits per heavy atom. The molecule has 0 fully saturated rings. The molecule has 0 aliphatic rings. The van der Waals surface area contributed by atoms with Gasteiger partial charge in [0.05, 0.1) is 11.3 Å². The van der Waals surface area contributed by atoms with Gasteiger partial charge in [-0.2, -0.15) is 5.26 Å². The molecule has 0 bridgehead atoms. The number of nitrogen functional groups attached to an aromatic ring is 1. The number of aromatic amines is 1. The first-order valence-corrected chi connectivity index (χ1v) is 7.97. The molecule has 0 saturated heterocycles. The largest absolute Gasteiger partial charge is 0.397 e. The van der Waals surface area contributed by atoms with Crippen LogP contribution in [0.3, 0.4) is 0 Å². The lowest BCUT2D eigenvalue weighted by Crippen LogP contribution is -1.95. The SMILES string of the molecule is N#Cc1c(-c2ccccc2)cc2[nH]c3ccc(Br)cc3c2c1N. The molecule has 4 rings (SSSR count). The quantitative estimate of drug-likeness (QED) is 0.457. The van der Waals surface area contributed by atoms with E-state index < -0.39 is 0 Å². The van der Waals surface area contributed by atoms with Crippen LogP contribution in [0.1, 0.15) is 5.56 Å². The predicted octanol–water partition coefficient (Wildman–Crippen LogP) is 5.20. The molecule has 23 heavy (non-hydrogen) atoms. The van der Waals surface area contributed by atoms with Crippen LogP contribution < -0.4 is 5.73 Å². The van der Waals surface area contributed by atoms with Crippen LogP contribution in [0.4, 0.5) is 5.69 Å². The number of H-pyrrole nitrogens is 1. The van der Waals surface area contributed by atoms with Gasteiger partial charge in [0.25, 0.3) is 0 Å². The number of nitrogens with two attached hydrogens (primary N) is 1. The van der Waals surface area contributed by atoms with E-state index in [1.165, 1.54) is 0 Å². The highest BCUT2D eigenvalue weighted by atomic mass is 79.9. The lowest BCUT2D eigenvalue weighted by atomic mass is 9.96. The number of benzene rings is 3. The molecule has 1 heterocycles. The zero-order valence-electron chi connectivity index (χ0n) is 12.1. The Morgan fingerprint density at radius 2 is 1.78 bits per heavy atom. The Kier molecular flexibility index (Phi) is 3.10. The molecule has 4 heteroatoms. The van der Waals surface area contributed by atoms with E-state index >= 15 is 0 Å². The Labute approximate surface area is 141 Å². The minimum Gasteiger partial charge on any atom is -0.397 e. The highest BCUT2D eigenvalue weighted by Crippen LogP contribution is 2.38. The molecule has 3 aromatic carbocycles. The topological polar surface area (TPSA) is 65.6 Å². The van der Waals surface area contributed by atoms with E-state index in [9.17, 15) is 5.26 Å². The van der Waals surface area contributed by atoms with Gasteiger partial charge in [-0.25, -0.2) is 0 Å². The van der Waals surface area contributed by atoms with E-state index in [1.807, 2.05) is 54.6 Å². The molecule has 0 aliphatic carbocycles. The summed E-state index contributed by atoms with van der Waals surface area (Å²) in [5.41, 5.74) is 11.2. The summed E-state index contributed by atoms with van der Waals surface area (Å²) in [6, 6.07) is 20.1. The third-order valence-electron chi connectivity index (χ3n) is 4.08. The van der Waals surface area contributed by atoms with Gasteiger partial charge in [-0.15, -0.1) is 0 Å². The van der Waals surface area contributed by atoms with Crippen molar-refractivity contribution >= 4 is 43.4 Å². The Bertz CT molecular complexity index is 1090. The number of halogens is 1. The van der Waals surface area contributed by atoms with Gasteiger partial charge < -0.3 is 10.7 Å². The first kappa shape index (κ1) is 13.9. The summed E-state index contributed by atoms with van der Waals surface area (Å²) in [6.45, 7) is 0. The summed E-state index contributed by atoms with van der Waals surface area (Å²) in [5, 5.41) is 11.6. The second kappa shape index (κ2) is 5.15. The zero-order valence-corrected chi connectivity index (χ0v) is 13.7. The number of hydrogen-bond acceptors (Lipinski definition) is 2. The van der Waals surface area contributed by atoms with Gasteiger partial charge in [0.2, 0.25) is 0 Å². The number of hydrogen-bond donors (Lipinski definition) is 2. The Hall–Kier alpha value is -2.77. The smallest absolute Gasteiger partial charge is 0.102 e. The van der Waals surface area contributed by atoms with Crippen LogP contribution in [0.2, 0.25) is 0 Å². The molecule has 0 spiro atoms. The van der Waals surface area contributed by atoms with Gasteiger partial charge in [0, 0.05) is 31.8 Å². The van der Waals surface area contributed by atoms with Crippen molar-refractivity contribution < 1.29 is 0 Å². The summed E-state index contributed by atoms with van der Waals surface area (Å²) in [7, 11) is 0. The average Bonchev–Trinajstić information content (AvgIpc) is 2.93. The monoisotopic (exact) mass is 361 g/mol. The molecule has 0 atom stereocenters. The van der Waals surface area contributed by atoms with Crippen LogP contribution in [0, 0.1) is 11.3 Å². The molecule has 0 saturated carbocycles. The normalized spacial score (nSPS) is 11.0. The van der Waals surface area contributed by atoms with Crippen LogP contribution in [0.5, 0.6) is 0 Å². The molecular formula is C19H12BrN3. The number of aromatic nitrogens is 1. The van der Waals surface area contributed by atoms with Gasteiger partial charge in [0.15, 0.2) is 0 Å². The van der Waals surface area contributed by atoms with E-state index in [-0.39, 0.29) is 0 Å². The second-order valence-electron chi connectivity index (χ2n) is 5.43. The summed E-state index contributed by atoms with van der Waals surface area (Å²) in [6.07, 6.45) is 0. The molecule has 0 amide bonds. The fraction of sp³-hybridized carbons (Fsp3) is 0. The molecule has 3 nitrogen and oxygen atoms in total. The van der Waals surface area contributed by atoms with E-state index in [0.717, 1.165) is 37.4 Å². The fourth-order valence-corrected chi connectivity index (χ4v) is 3.40. The number of nitrogens with zero attached hydrogens (tertiary/aromatic N) is 1. The van der Waals surface area contributed by atoms with Crippen molar-refractivity contribution in [2.45, 2.75) is 0 Å². The van der Waals surface area contributed by atoms with Gasteiger partial charge in [0.1, 0.15) is 6.07 Å². The van der Waals surface area contributed by atoms with Crippen molar-refractivity contribution in [2.75, 3.05) is 5.73 Å². The molecule has 3 N–H and O–H groups in total. The molecule has 1 aromatic heterocycles. The molecule has 110 valence electrons. The van der Waals surface area contributed by atoms with E-state index in [1.54, 1.807) is 0 Å². The van der Waals surface area contributed by atoms with E-state index in [0.29, 0.717) is 11.3 Å². The fourth-order valence-electron chi connectivity index (χ4n) is 3.04. The van der Waals surface area contributed by atoms with Gasteiger partial charge >= 0.3 is 0 Å². The third kappa shape index (κ3) is 2.09. The number of nitrogens with one attached hydrogen (secondary N) is 1. The average molecular weight is 362 g/mol. The van der Waals surface area contributed by atoms with Gasteiger partial charge in [-0.1, -0.05) is 46.3 Å². The highest BCUT2D eigenvalue weighted by molar-refractivity contribution is 9.10. The molecule has 4 aromatic rings. The standard InChI is InChI=1S/C19H12BrN3/c20-12-6-7-16-14(8-12)18-17(23-16)9-13(15(10-21)19(18)22)11-4-2-1-3-5-11/h1-9,23H,22H2. The van der Waals surface area contributed by atoms with E-state index in [4.69, 9.17) is 5.73 Å². The van der Waals surface area contributed by atoms with Crippen molar-refractivity contribution in [3.63, 3.8) is 0 Å². The minimum atomic E-state index is 0.518. The number of anilines is 1. The lowest BCUT2D eigenvalue weighted by Gasteiger charge is -2.09. The van der Waals surface area contributed by atoms with Crippen molar-refractivity contribution in [2.24, 2.45) is 0 Å². The van der Waals surface area contributed by atoms with Crippen molar-refractivity contribution in [1.82, 2.24) is 4.98 Å². The maximum atomic E-state index is 9.63. The van der Waals surface area contributed by atoms with Crippen LogP contribution in [-0.2, 0) is 0 Å². The van der Waals surface area contributed by atoms with Crippen LogP contribution in [-0.4, -0.2) is 4.98 Å². The highest BCUT2D eigenvalue weighted by Gasteiger charge is 2.16. The summed E-state index contributed by atoms with van der Waals surface area (Å²) >= 11 is 3.49. The van der Waals surface area contributed by atoms with Crippen molar-refractivity contribution in [3.05, 3.63) is 64.6 Å². The maximum Gasteiger partial charge on any atom is 0.102 e. The van der Waals surface area contributed by atoms with E-state index in [2.05, 4.69) is 27.0 Å². The van der Waals surface area contributed by atoms with Crippen LogP contribution in [0.25, 0.3) is 32.9 Å². The minimum absolute atomic E-state index is 0.518. The van der Waals surface area contributed by atoms with Gasteiger partial charge in [-0.05, 0) is 29.8 Å². The van der Waals surface area contributed by atoms with Crippen LogP contribution in [0.15, 0.2) is 59.1 Å². The molecular weight excluding hydrogens is 350 g/mol. The van der Waals surface area contributed by atoms with Gasteiger partial charge in [-0.3, -0.25) is 0 Å². The number of fused-ring (bicyclic) bond motifs is 3. The first-order valence-electron chi connectivity index (χ1n) is 7.18. The summed E-state index contributed by atoms with van der Waals surface area (Å²) < 4.78 is 0.982. The Balaban J connectivity index is 2.15. The maximum absolute atomic E-state index is 9.63. The van der Waals surface area contributed by atoms with Crippen LogP contribution >= 0.6 is 15.9 Å². The lowest BCUT2D eigenvalue weighted by molar-refractivity contribution is 1.48. The predicted molar refractivity (Wildman–Crippen MR) is 98.1 cm³/mol.